The van der Waals surface area contributed by atoms with Crippen LogP contribution in [0.2, 0.25) is 0 Å². The lowest BCUT2D eigenvalue weighted by Crippen LogP contribution is -2.54. The Morgan fingerprint density at radius 3 is 2.55 bits per heavy atom. The first-order chi connectivity index (χ1) is 9.60. The summed E-state index contributed by atoms with van der Waals surface area (Å²) in [7, 11) is 1.42. The van der Waals surface area contributed by atoms with E-state index in [1.165, 1.54) is 26.4 Å². The van der Waals surface area contributed by atoms with Crippen molar-refractivity contribution in [2.75, 3.05) is 33.3 Å². The number of amides is 1. The summed E-state index contributed by atoms with van der Waals surface area (Å²) in [6.07, 6.45) is 4.89. The van der Waals surface area contributed by atoms with Crippen molar-refractivity contribution in [3.63, 3.8) is 0 Å². The fourth-order valence-electron chi connectivity index (χ4n) is 3.02. The number of methoxy groups -OCH3 is 1. The first-order valence-corrected chi connectivity index (χ1v) is 7.68. The number of ether oxygens (including phenoxy) is 1. The van der Waals surface area contributed by atoms with Crippen molar-refractivity contribution in [1.29, 1.82) is 0 Å². The Morgan fingerprint density at radius 2 is 2.00 bits per heavy atom. The highest BCUT2D eigenvalue weighted by Gasteiger charge is 2.30. The molecule has 1 saturated heterocycles. The maximum absolute atomic E-state index is 12.3. The molecule has 1 aliphatic heterocycles. The second-order valence-electron chi connectivity index (χ2n) is 6.06. The summed E-state index contributed by atoms with van der Waals surface area (Å²) < 4.78 is 4.66. The zero-order valence-electron chi connectivity index (χ0n) is 12.6. The Hall–Kier alpha value is -1.10. The van der Waals surface area contributed by atoms with E-state index in [1.807, 2.05) is 4.90 Å². The Balaban J connectivity index is 1.73. The SMILES string of the molecule is COC(=O)CCN1CCN(C(=O)CC2CCC2)[C@H](C)C1. The van der Waals surface area contributed by atoms with Crippen LogP contribution in [0.3, 0.4) is 0 Å². The van der Waals surface area contributed by atoms with E-state index in [2.05, 4.69) is 16.6 Å². The molecule has 114 valence electrons. The van der Waals surface area contributed by atoms with E-state index >= 15 is 0 Å². The summed E-state index contributed by atoms with van der Waals surface area (Å²) >= 11 is 0. The van der Waals surface area contributed by atoms with Crippen LogP contribution >= 0.6 is 0 Å². The molecule has 1 amide bonds. The molecule has 0 bridgehead atoms. The van der Waals surface area contributed by atoms with Gasteiger partial charge in [0.15, 0.2) is 0 Å². The number of nitrogens with zero attached hydrogens (tertiary/aromatic N) is 2. The van der Waals surface area contributed by atoms with Gasteiger partial charge < -0.3 is 9.64 Å². The van der Waals surface area contributed by atoms with Crippen LogP contribution in [0, 0.1) is 5.92 Å². The Kier molecular flexibility index (Phi) is 5.40. The molecule has 0 unspecified atom stereocenters. The van der Waals surface area contributed by atoms with Crippen LogP contribution in [0.1, 0.15) is 39.0 Å². The first-order valence-electron chi connectivity index (χ1n) is 7.68. The van der Waals surface area contributed by atoms with Crippen LogP contribution in [0.4, 0.5) is 0 Å². The van der Waals surface area contributed by atoms with E-state index in [0.717, 1.165) is 32.6 Å². The topological polar surface area (TPSA) is 49.9 Å². The maximum atomic E-state index is 12.3. The lowest BCUT2D eigenvalue weighted by molar-refractivity contribution is -0.142. The molecular weight excluding hydrogens is 256 g/mol. The van der Waals surface area contributed by atoms with Crippen molar-refractivity contribution >= 4 is 11.9 Å². The van der Waals surface area contributed by atoms with Gasteiger partial charge in [-0.2, -0.15) is 0 Å². The van der Waals surface area contributed by atoms with Gasteiger partial charge in [-0.05, 0) is 25.7 Å². The van der Waals surface area contributed by atoms with E-state index in [-0.39, 0.29) is 12.0 Å². The molecule has 0 aromatic carbocycles. The summed E-state index contributed by atoms with van der Waals surface area (Å²) in [4.78, 5) is 27.7. The first kappa shape index (κ1) is 15.3. The highest BCUT2D eigenvalue weighted by molar-refractivity contribution is 5.77. The monoisotopic (exact) mass is 282 g/mol. The molecule has 1 atom stereocenters. The molecule has 2 aliphatic rings. The quantitative estimate of drug-likeness (QED) is 0.713. The van der Waals surface area contributed by atoms with Gasteiger partial charge in [0.25, 0.3) is 0 Å². The highest BCUT2D eigenvalue weighted by atomic mass is 16.5. The minimum absolute atomic E-state index is 0.166. The molecular formula is C15H26N2O3. The zero-order chi connectivity index (χ0) is 14.5. The lowest BCUT2D eigenvalue weighted by Gasteiger charge is -2.41. The van der Waals surface area contributed by atoms with Crippen molar-refractivity contribution in [2.24, 2.45) is 5.92 Å². The molecule has 5 nitrogen and oxygen atoms in total. The fourth-order valence-corrected chi connectivity index (χ4v) is 3.02. The Bertz CT molecular complexity index is 355. The molecule has 0 radical (unpaired) electrons. The zero-order valence-corrected chi connectivity index (χ0v) is 12.6. The average Bonchev–Trinajstić information content (AvgIpc) is 2.40. The fraction of sp³-hybridized carbons (Fsp3) is 0.867. The number of rotatable bonds is 5. The molecule has 2 rings (SSSR count). The highest BCUT2D eigenvalue weighted by Crippen LogP contribution is 2.30. The number of hydrogen-bond acceptors (Lipinski definition) is 4. The standard InChI is InChI=1S/C15H26N2O3/c1-12-11-16(7-6-15(19)20-2)8-9-17(12)14(18)10-13-4-3-5-13/h12-13H,3-11H2,1-2H3/t12-/m1/s1. The summed E-state index contributed by atoms with van der Waals surface area (Å²) in [6.45, 7) is 5.32. The smallest absolute Gasteiger partial charge is 0.306 e. The lowest BCUT2D eigenvalue weighted by atomic mass is 9.82. The number of esters is 1. The Morgan fingerprint density at radius 1 is 1.25 bits per heavy atom. The Labute approximate surface area is 121 Å². The predicted octanol–water partition coefficient (Wildman–Crippen LogP) is 1.27. The molecule has 2 fully saturated rings. The van der Waals surface area contributed by atoms with Crippen LogP contribution in [-0.4, -0.2) is 61.0 Å². The minimum Gasteiger partial charge on any atom is -0.469 e. The third kappa shape index (κ3) is 3.95. The third-order valence-electron chi connectivity index (χ3n) is 4.58. The summed E-state index contributed by atoms with van der Waals surface area (Å²) in [5.74, 6) is 0.781. The summed E-state index contributed by atoms with van der Waals surface area (Å²) in [6, 6.07) is 0.244. The van der Waals surface area contributed by atoms with Gasteiger partial charge in [0, 0.05) is 38.6 Å². The van der Waals surface area contributed by atoms with Crippen molar-refractivity contribution in [1.82, 2.24) is 9.80 Å². The summed E-state index contributed by atoms with van der Waals surface area (Å²) in [5.41, 5.74) is 0. The number of hydrogen-bond donors (Lipinski definition) is 0. The van der Waals surface area contributed by atoms with Crippen LogP contribution < -0.4 is 0 Å². The molecule has 1 saturated carbocycles. The molecule has 1 aliphatic carbocycles. The second kappa shape index (κ2) is 7.07. The molecule has 0 aromatic rings. The van der Waals surface area contributed by atoms with Gasteiger partial charge in [-0.1, -0.05) is 6.42 Å². The van der Waals surface area contributed by atoms with E-state index in [1.54, 1.807) is 0 Å². The van der Waals surface area contributed by atoms with Crippen molar-refractivity contribution in [3.8, 4) is 0 Å². The number of carbonyl (C=O) groups is 2. The van der Waals surface area contributed by atoms with Crippen molar-refractivity contribution in [2.45, 2.75) is 45.1 Å². The van der Waals surface area contributed by atoms with E-state index in [9.17, 15) is 9.59 Å². The molecule has 1 heterocycles. The van der Waals surface area contributed by atoms with Gasteiger partial charge in [0.2, 0.25) is 5.91 Å². The third-order valence-corrected chi connectivity index (χ3v) is 4.58. The molecule has 0 spiro atoms. The predicted molar refractivity (Wildman–Crippen MR) is 76.2 cm³/mol. The van der Waals surface area contributed by atoms with Crippen LogP contribution in [0.15, 0.2) is 0 Å². The van der Waals surface area contributed by atoms with Crippen LogP contribution in [0.25, 0.3) is 0 Å². The molecule has 0 aromatic heterocycles. The van der Waals surface area contributed by atoms with E-state index < -0.39 is 0 Å². The average molecular weight is 282 g/mol. The molecule has 0 N–H and O–H groups in total. The van der Waals surface area contributed by atoms with E-state index in [0.29, 0.717) is 18.2 Å². The minimum atomic E-state index is -0.166. The van der Waals surface area contributed by atoms with Gasteiger partial charge in [0.05, 0.1) is 13.5 Å². The second-order valence-corrected chi connectivity index (χ2v) is 6.06. The van der Waals surface area contributed by atoms with Gasteiger partial charge in [-0.15, -0.1) is 0 Å². The largest absolute Gasteiger partial charge is 0.469 e. The van der Waals surface area contributed by atoms with Crippen molar-refractivity contribution < 1.29 is 14.3 Å². The number of piperazine rings is 1. The molecule has 20 heavy (non-hydrogen) atoms. The van der Waals surface area contributed by atoms with Gasteiger partial charge in [-0.25, -0.2) is 0 Å². The van der Waals surface area contributed by atoms with Crippen LogP contribution in [-0.2, 0) is 14.3 Å². The van der Waals surface area contributed by atoms with Crippen molar-refractivity contribution in [3.05, 3.63) is 0 Å². The van der Waals surface area contributed by atoms with E-state index in [4.69, 9.17) is 0 Å². The maximum Gasteiger partial charge on any atom is 0.306 e. The van der Waals surface area contributed by atoms with Gasteiger partial charge >= 0.3 is 5.97 Å². The van der Waals surface area contributed by atoms with Gasteiger partial charge in [-0.3, -0.25) is 14.5 Å². The van der Waals surface area contributed by atoms with Crippen LogP contribution in [0.5, 0.6) is 0 Å². The van der Waals surface area contributed by atoms with Gasteiger partial charge in [0.1, 0.15) is 0 Å². The summed E-state index contributed by atoms with van der Waals surface area (Å²) in [5, 5.41) is 0. The number of carbonyl (C=O) groups excluding carboxylic acids is 2. The normalized spacial score (nSPS) is 24.3. The molecule has 5 heteroatoms.